The fourth-order valence-electron chi connectivity index (χ4n) is 0.922. The van der Waals surface area contributed by atoms with Crippen molar-refractivity contribution in [2.24, 2.45) is 0 Å². The van der Waals surface area contributed by atoms with E-state index in [9.17, 15) is 9.18 Å². The molecule has 0 fully saturated rings. The van der Waals surface area contributed by atoms with Gasteiger partial charge < -0.3 is 10.5 Å². The van der Waals surface area contributed by atoms with Crippen molar-refractivity contribution in [2.75, 3.05) is 19.0 Å². The van der Waals surface area contributed by atoms with Gasteiger partial charge >= 0.3 is 0 Å². The van der Waals surface area contributed by atoms with Crippen molar-refractivity contribution in [1.82, 2.24) is 0 Å². The Morgan fingerprint density at radius 2 is 2.31 bits per heavy atom. The highest BCUT2D eigenvalue weighted by molar-refractivity contribution is 5.80. The number of benzene rings is 1. The van der Waals surface area contributed by atoms with E-state index in [1.165, 1.54) is 12.1 Å². The van der Waals surface area contributed by atoms with E-state index in [-0.39, 0.29) is 6.61 Å². The Bertz CT molecular complexity index is 302. The van der Waals surface area contributed by atoms with Gasteiger partial charge in [-0.15, -0.1) is 0 Å². The monoisotopic (exact) mass is 183 g/mol. The summed E-state index contributed by atoms with van der Waals surface area (Å²) < 4.78 is 16.7. The number of ether oxygens (including phenoxy) is 1. The molecule has 4 heteroatoms. The van der Waals surface area contributed by atoms with Gasteiger partial charge in [0.1, 0.15) is 19.0 Å². The molecule has 0 aliphatic rings. The van der Waals surface area contributed by atoms with Gasteiger partial charge in [0.15, 0.2) is 6.29 Å². The molecule has 0 aliphatic carbocycles. The molecule has 0 bridgehead atoms. The number of alkyl halides is 1. The van der Waals surface area contributed by atoms with Crippen LogP contribution in [0.4, 0.5) is 10.1 Å². The van der Waals surface area contributed by atoms with E-state index in [0.717, 1.165) is 0 Å². The third-order valence-corrected chi connectivity index (χ3v) is 1.50. The van der Waals surface area contributed by atoms with Gasteiger partial charge in [-0.25, -0.2) is 4.39 Å². The molecule has 0 saturated heterocycles. The molecule has 0 unspecified atom stereocenters. The van der Waals surface area contributed by atoms with E-state index in [1.54, 1.807) is 6.07 Å². The van der Waals surface area contributed by atoms with Crippen LogP contribution in [0.25, 0.3) is 0 Å². The Morgan fingerprint density at radius 1 is 1.54 bits per heavy atom. The van der Waals surface area contributed by atoms with Crippen LogP contribution in [-0.2, 0) is 0 Å². The molecule has 3 nitrogen and oxygen atoms in total. The summed E-state index contributed by atoms with van der Waals surface area (Å²) in [6.45, 7) is -0.655. The Labute approximate surface area is 75.3 Å². The lowest BCUT2D eigenvalue weighted by atomic mass is 10.2. The zero-order valence-corrected chi connectivity index (χ0v) is 7.00. The molecule has 0 aromatic heterocycles. The number of anilines is 1. The standard InChI is InChI=1S/C9H10FNO2/c10-3-4-13-9-5-8(11)2-1-7(9)6-12/h1-2,5-6H,3-4,11H2. The van der Waals surface area contributed by atoms with Gasteiger partial charge in [0.05, 0.1) is 5.56 Å². The van der Waals surface area contributed by atoms with E-state index in [0.29, 0.717) is 23.3 Å². The highest BCUT2D eigenvalue weighted by Gasteiger charge is 2.02. The first-order valence-electron chi connectivity index (χ1n) is 3.81. The molecule has 0 aliphatic heterocycles. The summed E-state index contributed by atoms with van der Waals surface area (Å²) in [6, 6.07) is 4.63. The van der Waals surface area contributed by atoms with Crippen LogP contribution >= 0.6 is 0 Å². The summed E-state index contributed by atoms with van der Waals surface area (Å²) in [7, 11) is 0. The number of hydrogen-bond acceptors (Lipinski definition) is 3. The molecule has 2 N–H and O–H groups in total. The zero-order chi connectivity index (χ0) is 9.68. The fourth-order valence-corrected chi connectivity index (χ4v) is 0.922. The Morgan fingerprint density at radius 3 is 2.92 bits per heavy atom. The van der Waals surface area contributed by atoms with Crippen LogP contribution in [-0.4, -0.2) is 19.6 Å². The largest absolute Gasteiger partial charge is 0.490 e. The summed E-state index contributed by atoms with van der Waals surface area (Å²) in [6.07, 6.45) is 0.646. The van der Waals surface area contributed by atoms with Gasteiger partial charge in [-0.2, -0.15) is 0 Å². The van der Waals surface area contributed by atoms with Crippen LogP contribution in [0, 0.1) is 0 Å². The van der Waals surface area contributed by atoms with Crippen molar-refractivity contribution in [2.45, 2.75) is 0 Å². The van der Waals surface area contributed by atoms with Crippen LogP contribution in [0.1, 0.15) is 10.4 Å². The Kier molecular flexibility index (Phi) is 3.25. The first kappa shape index (κ1) is 9.51. The fraction of sp³-hybridized carbons (Fsp3) is 0.222. The maximum Gasteiger partial charge on any atom is 0.153 e. The molecule has 0 spiro atoms. The van der Waals surface area contributed by atoms with Crippen molar-refractivity contribution in [3.8, 4) is 5.75 Å². The Hall–Kier alpha value is -1.58. The number of hydrogen-bond donors (Lipinski definition) is 1. The second-order valence-corrected chi connectivity index (χ2v) is 2.45. The lowest BCUT2D eigenvalue weighted by Gasteiger charge is -2.06. The summed E-state index contributed by atoms with van der Waals surface area (Å²) in [5.74, 6) is 0.327. The molecule has 0 radical (unpaired) electrons. The first-order chi connectivity index (χ1) is 6.27. The molecule has 1 rings (SSSR count). The van der Waals surface area contributed by atoms with Crippen LogP contribution in [0.3, 0.4) is 0 Å². The molecule has 0 atom stereocenters. The second-order valence-electron chi connectivity index (χ2n) is 2.45. The average Bonchev–Trinajstić information content (AvgIpc) is 2.15. The number of rotatable bonds is 4. The summed E-state index contributed by atoms with van der Waals surface area (Å²) in [5.41, 5.74) is 6.33. The first-order valence-corrected chi connectivity index (χ1v) is 3.81. The van der Waals surface area contributed by atoms with Crippen LogP contribution in [0.2, 0.25) is 0 Å². The average molecular weight is 183 g/mol. The van der Waals surface area contributed by atoms with Gasteiger partial charge in [-0.1, -0.05) is 0 Å². The number of carbonyl (C=O) groups excluding carboxylic acids is 1. The minimum atomic E-state index is -0.590. The van der Waals surface area contributed by atoms with Crippen molar-refractivity contribution < 1.29 is 13.9 Å². The van der Waals surface area contributed by atoms with Gasteiger partial charge in [0.2, 0.25) is 0 Å². The summed E-state index contributed by atoms with van der Waals surface area (Å²) in [5, 5.41) is 0. The van der Waals surface area contributed by atoms with Gasteiger partial charge in [-0.05, 0) is 12.1 Å². The summed E-state index contributed by atoms with van der Waals surface area (Å²) >= 11 is 0. The van der Waals surface area contributed by atoms with Crippen LogP contribution in [0.5, 0.6) is 5.75 Å². The minimum absolute atomic E-state index is 0.0652. The van der Waals surface area contributed by atoms with Crippen LogP contribution < -0.4 is 10.5 Å². The quantitative estimate of drug-likeness (QED) is 0.567. The molecular weight excluding hydrogens is 173 g/mol. The Balaban J connectivity index is 2.87. The predicted octanol–water partition coefficient (Wildman–Crippen LogP) is 1.43. The number of nitrogen functional groups attached to an aromatic ring is 1. The van der Waals surface area contributed by atoms with E-state index in [1.807, 2.05) is 0 Å². The zero-order valence-electron chi connectivity index (χ0n) is 7.00. The molecule has 0 heterocycles. The maximum absolute atomic E-state index is 11.8. The van der Waals surface area contributed by atoms with Gasteiger partial charge in [0.25, 0.3) is 0 Å². The molecule has 1 aromatic rings. The van der Waals surface area contributed by atoms with E-state index in [4.69, 9.17) is 10.5 Å². The molecule has 13 heavy (non-hydrogen) atoms. The van der Waals surface area contributed by atoms with E-state index >= 15 is 0 Å². The SMILES string of the molecule is Nc1ccc(C=O)c(OCCF)c1. The lowest BCUT2D eigenvalue weighted by molar-refractivity contribution is 0.111. The van der Waals surface area contributed by atoms with Gasteiger partial charge in [-0.3, -0.25) is 4.79 Å². The molecular formula is C9H10FNO2. The number of carbonyl (C=O) groups is 1. The molecule has 0 saturated carbocycles. The van der Waals surface area contributed by atoms with E-state index in [2.05, 4.69) is 0 Å². The maximum atomic E-state index is 11.8. The normalized spacial score (nSPS) is 9.62. The number of nitrogens with two attached hydrogens (primary N) is 1. The smallest absolute Gasteiger partial charge is 0.153 e. The van der Waals surface area contributed by atoms with Crippen molar-refractivity contribution in [3.05, 3.63) is 23.8 Å². The van der Waals surface area contributed by atoms with Crippen molar-refractivity contribution in [1.29, 1.82) is 0 Å². The second kappa shape index (κ2) is 4.45. The lowest BCUT2D eigenvalue weighted by Crippen LogP contribution is -2.01. The highest BCUT2D eigenvalue weighted by atomic mass is 19.1. The third-order valence-electron chi connectivity index (χ3n) is 1.50. The van der Waals surface area contributed by atoms with Crippen LogP contribution in [0.15, 0.2) is 18.2 Å². The van der Waals surface area contributed by atoms with Crippen molar-refractivity contribution >= 4 is 12.0 Å². The highest BCUT2D eigenvalue weighted by Crippen LogP contribution is 2.19. The molecule has 70 valence electrons. The molecule has 0 amide bonds. The minimum Gasteiger partial charge on any atom is -0.490 e. The summed E-state index contributed by atoms with van der Waals surface area (Å²) in [4.78, 5) is 10.5. The van der Waals surface area contributed by atoms with E-state index < -0.39 is 6.67 Å². The predicted molar refractivity (Wildman–Crippen MR) is 47.7 cm³/mol. The topological polar surface area (TPSA) is 52.3 Å². The number of aldehydes is 1. The van der Waals surface area contributed by atoms with Crippen molar-refractivity contribution in [3.63, 3.8) is 0 Å². The third kappa shape index (κ3) is 2.43. The molecule has 1 aromatic carbocycles. The number of halogens is 1. The van der Waals surface area contributed by atoms with Gasteiger partial charge in [0, 0.05) is 11.8 Å².